The van der Waals surface area contributed by atoms with Crippen LogP contribution in [0.4, 0.5) is 0 Å². The van der Waals surface area contributed by atoms with Gasteiger partial charge in [0.2, 0.25) is 0 Å². The largest absolute Gasteiger partial charge is 0.497 e. The number of aromatic amines is 1. The first-order valence-electron chi connectivity index (χ1n) is 5.40. The van der Waals surface area contributed by atoms with Crippen LogP contribution in [0, 0.1) is 0 Å². The molecule has 0 unspecified atom stereocenters. The second-order valence-corrected chi connectivity index (χ2v) is 4.79. The van der Waals surface area contributed by atoms with Crippen molar-refractivity contribution in [3.8, 4) is 11.5 Å². The smallest absolute Gasteiger partial charge is 0.266 e. The third-order valence-corrected chi connectivity index (χ3v) is 3.83. The van der Waals surface area contributed by atoms with Crippen molar-refractivity contribution in [2.75, 3.05) is 14.2 Å². The zero-order valence-corrected chi connectivity index (χ0v) is 10.8. The second-order valence-electron chi connectivity index (χ2n) is 3.87. The fraction of sp³-hybridized carbons (Fsp3) is 0.154. The lowest BCUT2D eigenvalue weighted by atomic mass is 10.1. The molecule has 0 aliphatic carbocycles. The normalized spacial score (nSPS) is 11.0. The highest BCUT2D eigenvalue weighted by molar-refractivity contribution is 7.17. The predicted octanol–water partition coefficient (Wildman–Crippen LogP) is 2.76. The van der Waals surface area contributed by atoms with Crippen molar-refractivity contribution in [1.82, 2.24) is 4.98 Å². The minimum atomic E-state index is -0.0807. The van der Waals surface area contributed by atoms with Crippen LogP contribution in [0.25, 0.3) is 21.0 Å². The monoisotopic (exact) mass is 261 g/mol. The van der Waals surface area contributed by atoms with Crippen LogP contribution < -0.4 is 15.0 Å². The van der Waals surface area contributed by atoms with E-state index in [9.17, 15) is 4.79 Å². The van der Waals surface area contributed by atoms with E-state index in [1.807, 2.05) is 17.5 Å². The van der Waals surface area contributed by atoms with Crippen molar-refractivity contribution in [3.05, 3.63) is 33.9 Å². The van der Waals surface area contributed by atoms with Gasteiger partial charge >= 0.3 is 0 Å². The summed E-state index contributed by atoms with van der Waals surface area (Å²) in [4.78, 5) is 14.8. The Morgan fingerprint density at radius 3 is 2.78 bits per heavy atom. The Kier molecular flexibility index (Phi) is 2.48. The number of methoxy groups -OCH3 is 2. The summed E-state index contributed by atoms with van der Waals surface area (Å²) >= 11 is 1.43. The standard InChI is InChI=1S/C13H11NO3S/c1-16-7-5-9-11(10(6-7)17-2)8-3-4-18-12(8)13(15)14-9/h3-6H,1-2H3,(H,14,15). The van der Waals surface area contributed by atoms with Gasteiger partial charge in [-0.15, -0.1) is 11.3 Å². The van der Waals surface area contributed by atoms with Crippen LogP contribution in [0.2, 0.25) is 0 Å². The van der Waals surface area contributed by atoms with Gasteiger partial charge in [-0.1, -0.05) is 0 Å². The molecular formula is C13H11NO3S. The quantitative estimate of drug-likeness (QED) is 0.771. The zero-order chi connectivity index (χ0) is 12.7. The fourth-order valence-electron chi connectivity index (χ4n) is 2.11. The number of nitrogens with one attached hydrogen (secondary N) is 1. The minimum Gasteiger partial charge on any atom is -0.497 e. The van der Waals surface area contributed by atoms with Gasteiger partial charge in [-0.05, 0) is 11.4 Å². The Labute approximate surface area is 107 Å². The van der Waals surface area contributed by atoms with E-state index in [1.165, 1.54) is 11.3 Å². The van der Waals surface area contributed by atoms with Gasteiger partial charge in [0.15, 0.2) is 0 Å². The summed E-state index contributed by atoms with van der Waals surface area (Å²) in [5.74, 6) is 1.36. The molecule has 0 atom stereocenters. The van der Waals surface area contributed by atoms with Gasteiger partial charge in [-0.3, -0.25) is 4.79 Å². The molecule has 0 saturated carbocycles. The molecule has 0 aliphatic heterocycles. The molecule has 0 aliphatic rings. The SMILES string of the molecule is COc1cc(OC)c2c(c1)[nH]c(=O)c1sccc12. The summed E-state index contributed by atoms with van der Waals surface area (Å²) in [5, 5.41) is 3.73. The Bertz CT molecular complexity index is 788. The average molecular weight is 261 g/mol. The van der Waals surface area contributed by atoms with Crippen molar-refractivity contribution in [2.24, 2.45) is 0 Å². The van der Waals surface area contributed by atoms with Gasteiger partial charge in [-0.25, -0.2) is 0 Å². The number of fused-ring (bicyclic) bond motifs is 3. The maximum absolute atomic E-state index is 11.9. The molecule has 0 saturated heterocycles. The number of ether oxygens (including phenoxy) is 2. The highest BCUT2D eigenvalue weighted by atomic mass is 32.1. The summed E-state index contributed by atoms with van der Waals surface area (Å²) in [5.41, 5.74) is 0.643. The zero-order valence-electron chi connectivity index (χ0n) is 9.94. The molecule has 0 radical (unpaired) electrons. The van der Waals surface area contributed by atoms with Crippen LogP contribution in [-0.4, -0.2) is 19.2 Å². The lowest BCUT2D eigenvalue weighted by Gasteiger charge is -2.09. The number of hydrogen-bond acceptors (Lipinski definition) is 4. The topological polar surface area (TPSA) is 51.3 Å². The number of hydrogen-bond donors (Lipinski definition) is 1. The summed E-state index contributed by atoms with van der Waals surface area (Å²) in [6, 6.07) is 5.56. The van der Waals surface area contributed by atoms with Gasteiger partial charge in [0.05, 0.1) is 19.7 Å². The summed E-state index contributed by atoms with van der Waals surface area (Å²) in [7, 11) is 3.19. The van der Waals surface area contributed by atoms with E-state index in [0.717, 1.165) is 16.3 Å². The molecule has 0 spiro atoms. The molecule has 0 bridgehead atoms. The molecule has 2 heterocycles. The van der Waals surface area contributed by atoms with E-state index in [0.29, 0.717) is 16.2 Å². The maximum Gasteiger partial charge on any atom is 0.266 e. The van der Waals surface area contributed by atoms with E-state index in [1.54, 1.807) is 20.3 Å². The Morgan fingerprint density at radius 1 is 1.22 bits per heavy atom. The van der Waals surface area contributed by atoms with Crippen LogP contribution in [0.1, 0.15) is 0 Å². The van der Waals surface area contributed by atoms with Crippen molar-refractivity contribution in [1.29, 1.82) is 0 Å². The average Bonchev–Trinajstić information content (AvgIpc) is 2.87. The Balaban J connectivity index is 2.56. The fourth-order valence-corrected chi connectivity index (χ4v) is 2.90. The van der Waals surface area contributed by atoms with Crippen LogP contribution in [-0.2, 0) is 0 Å². The highest BCUT2D eigenvalue weighted by Crippen LogP contribution is 2.35. The summed E-state index contributed by atoms with van der Waals surface area (Å²) in [6.07, 6.45) is 0. The molecule has 18 heavy (non-hydrogen) atoms. The van der Waals surface area contributed by atoms with Crippen LogP contribution in [0.15, 0.2) is 28.4 Å². The molecule has 2 aromatic heterocycles. The van der Waals surface area contributed by atoms with Crippen LogP contribution in [0.3, 0.4) is 0 Å². The molecule has 5 heteroatoms. The van der Waals surface area contributed by atoms with Crippen molar-refractivity contribution >= 4 is 32.3 Å². The third-order valence-electron chi connectivity index (χ3n) is 2.92. The first-order chi connectivity index (χ1) is 8.74. The van der Waals surface area contributed by atoms with Gasteiger partial charge < -0.3 is 14.5 Å². The minimum absolute atomic E-state index is 0.0807. The molecular weight excluding hydrogens is 250 g/mol. The van der Waals surface area contributed by atoms with Gasteiger partial charge in [-0.2, -0.15) is 0 Å². The van der Waals surface area contributed by atoms with Gasteiger partial charge in [0, 0.05) is 22.9 Å². The second kappa shape index (κ2) is 4.03. The van der Waals surface area contributed by atoms with E-state index in [-0.39, 0.29) is 5.56 Å². The Morgan fingerprint density at radius 2 is 2.06 bits per heavy atom. The molecule has 3 rings (SSSR count). The number of thiophene rings is 1. The first-order valence-corrected chi connectivity index (χ1v) is 6.28. The van der Waals surface area contributed by atoms with Crippen molar-refractivity contribution in [3.63, 3.8) is 0 Å². The van der Waals surface area contributed by atoms with E-state index in [2.05, 4.69) is 4.98 Å². The van der Waals surface area contributed by atoms with Crippen LogP contribution in [0.5, 0.6) is 11.5 Å². The molecule has 3 aromatic rings. The predicted molar refractivity (Wildman–Crippen MR) is 73.1 cm³/mol. The lowest BCUT2D eigenvalue weighted by Crippen LogP contribution is -2.05. The summed E-state index contributed by atoms with van der Waals surface area (Å²) < 4.78 is 11.3. The lowest BCUT2D eigenvalue weighted by molar-refractivity contribution is 0.398. The number of rotatable bonds is 2. The number of aromatic nitrogens is 1. The molecule has 4 nitrogen and oxygen atoms in total. The van der Waals surface area contributed by atoms with E-state index >= 15 is 0 Å². The molecule has 0 fully saturated rings. The number of benzene rings is 1. The number of H-pyrrole nitrogens is 1. The molecule has 0 amide bonds. The van der Waals surface area contributed by atoms with E-state index in [4.69, 9.17) is 9.47 Å². The number of pyridine rings is 1. The maximum atomic E-state index is 11.9. The Hall–Kier alpha value is -2.01. The molecule has 92 valence electrons. The first kappa shape index (κ1) is 11.1. The third kappa shape index (κ3) is 1.48. The van der Waals surface area contributed by atoms with Crippen molar-refractivity contribution in [2.45, 2.75) is 0 Å². The molecule has 1 aromatic carbocycles. The van der Waals surface area contributed by atoms with E-state index < -0.39 is 0 Å². The summed E-state index contributed by atoms with van der Waals surface area (Å²) in [6.45, 7) is 0. The highest BCUT2D eigenvalue weighted by Gasteiger charge is 2.12. The van der Waals surface area contributed by atoms with Gasteiger partial charge in [0.1, 0.15) is 16.2 Å². The van der Waals surface area contributed by atoms with Crippen molar-refractivity contribution < 1.29 is 9.47 Å². The van der Waals surface area contributed by atoms with Gasteiger partial charge in [0.25, 0.3) is 5.56 Å². The van der Waals surface area contributed by atoms with Crippen LogP contribution >= 0.6 is 11.3 Å². The molecule has 1 N–H and O–H groups in total.